The predicted molar refractivity (Wildman–Crippen MR) is 58.1 cm³/mol. The van der Waals surface area contributed by atoms with Crippen molar-refractivity contribution < 1.29 is 18.3 Å². The third-order valence-corrected chi connectivity index (χ3v) is 2.42. The minimum absolute atomic E-state index is 0.0403. The summed E-state index contributed by atoms with van der Waals surface area (Å²) in [5.74, 6) is -3.20. The molecule has 5 heteroatoms. The first-order valence-electron chi connectivity index (χ1n) is 4.91. The molecule has 0 heterocycles. The van der Waals surface area contributed by atoms with Crippen molar-refractivity contribution in [3.8, 4) is 22.9 Å². The zero-order valence-corrected chi connectivity index (χ0v) is 8.92. The van der Waals surface area contributed by atoms with E-state index in [0.717, 1.165) is 18.2 Å². The second kappa shape index (κ2) is 4.41. The first-order valence-corrected chi connectivity index (χ1v) is 4.91. The molecule has 0 spiro atoms. The van der Waals surface area contributed by atoms with Crippen LogP contribution >= 0.6 is 0 Å². The summed E-state index contributed by atoms with van der Waals surface area (Å²) in [5.41, 5.74) is -0.811. The molecule has 0 unspecified atom stereocenters. The van der Waals surface area contributed by atoms with Gasteiger partial charge in [-0.25, -0.2) is 13.2 Å². The van der Waals surface area contributed by atoms with E-state index in [0.29, 0.717) is 0 Å². The lowest BCUT2D eigenvalue weighted by Gasteiger charge is -2.05. The molecular weight excluding hydrogens is 243 g/mol. The fourth-order valence-corrected chi connectivity index (χ4v) is 1.57. The SMILES string of the molecule is N#Cc1c(F)cc(-c2ccc(O)cc2F)cc1F. The molecule has 0 atom stereocenters. The van der Waals surface area contributed by atoms with Crippen LogP contribution in [0.1, 0.15) is 5.56 Å². The number of hydrogen-bond donors (Lipinski definition) is 1. The number of hydrogen-bond acceptors (Lipinski definition) is 2. The molecule has 18 heavy (non-hydrogen) atoms. The van der Waals surface area contributed by atoms with Crippen LogP contribution < -0.4 is 0 Å². The van der Waals surface area contributed by atoms with Crippen molar-refractivity contribution in [2.24, 2.45) is 0 Å². The van der Waals surface area contributed by atoms with E-state index in [-0.39, 0.29) is 16.9 Å². The van der Waals surface area contributed by atoms with Gasteiger partial charge in [0.1, 0.15) is 34.8 Å². The molecule has 0 saturated carbocycles. The lowest BCUT2D eigenvalue weighted by Crippen LogP contribution is -1.93. The number of halogens is 3. The van der Waals surface area contributed by atoms with Crippen LogP contribution in [0.2, 0.25) is 0 Å². The Labute approximate surface area is 101 Å². The number of phenols is 1. The molecule has 2 aromatic rings. The summed E-state index contributed by atoms with van der Waals surface area (Å²) in [6.07, 6.45) is 0. The number of nitriles is 1. The fraction of sp³-hybridized carbons (Fsp3) is 0. The fourth-order valence-electron chi connectivity index (χ4n) is 1.57. The quantitative estimate of drug-likeness (QED) is 0.842. The zero-order chi connectivity index (χ0) is 13.3. The van der Waals surface area contributed by atoms with Gasteiger partial charge in [0.25, 0.3) is 0 Å². The molecule has 0 bridgehead atoms. The molecule has 0 aromatic heterocycles. The highest BCUT2D eigenvalue weighted by molar-refractivity contribution is 5.66. The van der Waals surface area contributed by atoms with Crippen LogP contribution in [0.25, 0.3) is 11.1 Å². The summed E-state index contributed by atoms with van der Waals surface area (Å²) < 4.78 is 40.3. The van der Waals surface area contributed by atoms with Crippen LogP contribution in [0.5, 0.6) is 5.75 Å². The van der Waals surface area contributed by atoms with Gasteiger partial charge in [-0.15, -0.1) is 0 Å². The van der Waals surface area contributed by atoms with E-state index in [9.17, 15) is 13.2 Å². The molecule has 1 N–H and O–H groups in total. The Balaban J connectivity index is 2.63. The summed E-state index contributed by atoms with van der Waals surface area (Å²) in [6, 6.07) is 6.36. The molecule has 0 aliphatic heterocycles. The van der Waals surface area contributed by atoms with Crippen LogP contribution in [0.4, 0.5) is 13.2 Å². The highest BCUT2D eigenvalue weighted by Crippen LogP contribution is 2.28. The topological polar surface area (TPSA) is 44.0 Å². The summed E-state index contributed by atoms with van der Waals surface area (Å²) in [7, 11) is 0. The lowest BCUT2D eigenvalue weighted by atomic mass is 10.0. The minimum atomic E-state index is -1.06. The van der Waals surface area contributed by atoms with Gasteiger partial charge in [-0.2, -0.15) is 5.26 Å². The van der Waals surface area contributed by atoms with E-state index in [4.69, 9.17) is 10.4 Å². The van der Waals surface area contributed by atoms with E-state index >= 15 is 0 Å². The van der Waals surface area contributed by atoms with Crippen molar-refractivity contribution in [1.82, 2.24) is 0 Å². The summed E-state index contributed by atoms with van der Waals surface area (Å²) in [5, 5.41) is 17.6. The van der Waals surface area contributed by atoms with Crippen LogP contribution in [0.3, 0.4) is 0 Å². The second-order valence-corrected chi connectivity index (χ2v) is 3.59. The minimum Gasteiger partial charge on any atom is -0.508 e. The van der Waals surface area contributed by atoms with Crippen LogP contribution in [0, 0.1) is 28.8 Å². The molecule has 0 aliphatic carbocycles. The molecule has 0 fully saturated rings. The Bertz CT molecular complexity index is 639. The zero-order valence-electron chi connectivity index (χ0n) is 8.92. The van der Waals surface area contributed by atoms with E-state index in [2.05, 4.69) is 0 Å². The van der Waals surface area contributed by atoms with Gasteiger partial charge < -0.3 is 5.11 Å². The van der Waals surface area contributed by atoms with Crippen molar-refractivity contribution in [2.75, 3.05) is 0 Å². The Morgan fingerprint density at radius 3 is 2.06 bits per heavy atom. The molecule has 0 aliphatic rings. The largest absolute Gasteiger partial charge is 0.508 e. The third kappa shape index (κ3) is 2.00. The maximum atomic E-state index is 13.5. The normalized spacial score (nSPS) is 10.1. The number of rotatable bonds is 1. The maximum Gasteiger partial charge on any atom is 0.144 e. The number of benzene rings is 2. The van der Waals surface area contributed by atoms with Crippen molar-refractivity contribution >= 4 is 0 Å². The molecule has 0 amide bonds. The average molecular weight is 249 g/mol. The molecule has 2 nitrogen and oxygen atoms in total. The number of phenolic OH excluding ortho intramolecular Hbond substituents is 1. The highest BCUT2D eigenvalue weighted by atomic mass is 19.1. The smallest absolute Gasteiger partial charge is 0.144 e. The summed E-state index contributed by atoms with van der Waals surface area (Å²) >= 11 is 0. The standard InChI is InChI=1S/C13H6F3NO/c14-11-3-7(4-12(15)10(11)6-17)9-2-1-8(18)5-13(9)16/h1-5,18H. The van der Waals surface area contributed by atoms with E-state index in [1.165, 1.54) is 18.2 Å². The van der Waals surface area contributed by atoms with E-state index in [1.54, 1.807) is 0 Å². The van der Waals surface area contributed by atoms with Crippen LogP contribution in [0.15, 0.2) is 30.3 Å². The van der Waals surface area contributed by atoms with Gasteiger partial charge in [0, 0.05) is 11.6 Å². The number of aromatic hydroxyl groups is 1. The monoisotopic (exact) mass is 249 g/mol. The van der Waals surface area contributed by atoms with Crippen molar-refractivity contribution in [3.05, 3.63) is 53.3 Å². The first kappa shape index (κ1) is 12.0. The second-order valence-electron chi connectivity index (χ2n) is 3.59. The van der Waals surface area contributed by atoms with Gasteiger partial charge in [-0.1, -0.05) is 0 Å². The van der Waals surface area contributed by atoms with Crippen LogP contribution in [-0.4, -0.2) is 5.11 Å². The third-order valence-electron chi connectivity index (χ3n) is 2.42. The van der Waals surface area contributed by atoms with Gasteiger partial charge in [-0.3, -0.25) is 0 Å². The summed E-state index contributed by atoms with van der Waals surface area (Å²) in [4.78, 5) is 0. The van der Waals surface area contributed by atoms with Crippen LogP contribution in [-0.2, 0) is 0 Å². The maximum absolute atomic E-state index is 13.5. The molecule has 0 radical (unpaired) electrons. The number of nitrogens with zero attached hydrogens (tertiary/aromatic N) is 1. The molecular formula is C13H6F3NO. The first-order chi connectivity index (χ1) is 8.52. The van der Waals surface area contributed by atoms with E-state index < -0.39 is 23.0 Å². The molecule has 90 valence electrons. The Morgan fingerprint density at radius 1 is 0.944 bits per heavy atom. The molecule has 2 rings (SSSR count). The molecule has 0 saturated heterocycles. The molecule has 2 aromatic carbocycles. The Kier molecular flexibility index (Phi) is 2.94. The van der Waals surface area contributed by atoms with E-state index in [1.807, 2.05) is 0 Å². The van der Waals surface area contributed by atoms with Crippen molar-refractivity contribution in [2.45, 2.75) is 0 Å². The Morgan fingerprint density at radius 2 is 1.56 bits per heavy atom. The van der Waals surface area contributed by atoms with Gasteiger partial charge in [0.2, 0.25) is 0 Å². The Hall–Kier alpha value is -2.48. The summed E-state index contributed by atoms with van der Waals surface area (Å²) in [6.45, 7) is 0. The lowest BCUT2D eigenvalue weighted by molar-refractivity contribution is 0.469. The van der Waals surface area contributed by atoms with Gasteiger partial charge in [-0.05, 0) is 29.8 Å². The van der Waals surface area contributed by atoms with Crippen molar-refractivity contribution in [3.63, 3.8) is 0 Å². The predicted octanol–water partition coefficient (Wildman–Crippen LogP) is 3.35. The van der Waals surface area contributed by atoms with Crippen molar-refractivity contribution in [1.29, 1.82) is 5.26 Å². The van der Waals surface area contributed by atoms with Gasteiger partial charge in [0.05, 0.1) is 0 Å². The average Bonchev–Trinajstić information content (AvgIpc) is 2.28. The van der Waals surface area contributed by atoms with Gasteiger partial charge >= 0.3 is 0 Å². The highest BCUT2D eigenvalue weighted by Gasteiger charge is 2.14. The van der Waals surface area contributed by atoms with Gasteiger partial charge in [0.15, 0.2) is 0 Å².